The van der Waals surface area contributed by atoms with Gasteiger partial charge in [0, 0.05) is 5.56 Å². The molecule has 0 atom stereocenters. The first-order valence-electron chi connectivity index (χ1n) is 4.72. The Balaban J connectivity index is 3.58. The molecule has 5 nitrogen and oxygen atoms in total. The Morgan fingerprint density at radius 1 is 1.40 bits per heavy atom. The second kappa shape index (κ2) is 4.16. The number of hydrogen-bond acceptors (Lipinski definition) is 3. The molecule has 5 heteroatoms. The average Bonchev–Trinajstić information content (AvgIpc) is 2.49. The van der Waals surface area contributed by atoms with Gasteiger partial charge in [0.05, 0.1) is 5.69 Å². The lowest BCUT2D eigenvalue weighted by Gasteiger charge is -2.00. The summed E-state index contributed by atoms with van der Waals surface area (Å²) in [6.07, 6.45) is 1.40. The number of nitrogens with zero attached hydrogens (tertiary/aromatic N) is 1. The van der Waals surface area contributed by atoms with Crippen molar-refractivity contribution in [3.8, 4) is 0 Å². The zero-order valence-corrected chi connectivity index (χ0v) is 8.65. The summed E-state index contributed by atoms with van der Waals surface area (Å²) in [4.78, 5) is 21.7. The molecule has 0 aliphatic rings. The smallest absolute Gasteiger partial charge is 0.356 e. The highest BCUT2D eigenvalue weighted by atomic mass is 16.5. The molecule has 15 heavy (non-hydrogen) atoms. The van der Waals surface area contributed by atoms with Crippen molar-refractivity contribution in [2.45, 2.75) is 26.7 Å². The van der Waals surface area contributed by atoms with Crippen LogP contribution in [0.2, 0.25) is 0 Å². The number of aromatic nitrogens is 1. The quantitative estimate of drug-likeness (QED) is 0.582. The molecule has 0 unspecified atom stereocenters. The Labute approximate surface area is 86.9 Å². The van der Waals surface area contributed by atoms with Crippen molar-refractivity contribution in [2.75, 3.05) is 0 Å². The minimum atomic E-state index is -1.22. The van der Waals surface area contributed by atoms with Gasteiger partial charge in [-0.05, 0) is 18.4 Å². The van der Waals surface area contributed by atoms with E-state index in [2.05, 4.69) is 0 Å². The summed E-state index contributed by atoms with van der Waals surface area (Å²) in [5.41, 5.74) is 0.812. The minimum Gasteiger partial charge on any atom is -0.476 e. The SMILES string of the molecule is CCc1c(C=O)c(CC)n(O)c1C(=O)O. The van der Waals surface area contributed by atoms with E-state index in [0.717, 1.165) is 0 Å². The van der Waals surface area contributed by atoms with Crippen molar-refractivity contribution in [1.82, 2.24) is 4.73 Å². The van der Waals surface area contributed by atoms with Crippen LogP contribution in [0, 0.1) is 0 Å². The highest BCUT2D eigenvalue weighted by molar-refractivity contribution is 5.93. The summed E-state index contributed by atoms with van der Waals surface area (Å²) in [5.74, 6) is -1.22. The van der Waals surface area contributed by atoms with Crippen molar-refractivity contribution in [1.29, 1.82) is 0 Å². The summed E-state index contributed by atoms with van der Waals surface area (Å²) in [5, 5.41) is 18.5. The number of carboxylic acid groups (broad SMARTS) is 1. The van der Waals surface area contributed by atoms with E-state index in [-0.39, 0.29) is 5.69 Å². The zero-order chi connectivity index (χ0) is 11.6. The van der Waals surface area contributed by atoms with E-state index < -0.39 is 5.97 Å². The van der Waals surface area contributed by atoms with E-state index in [4.69, 9.17) is 5.11 Å². The molecule has 0 saturated carbocycles. The molecule has 0 fully saturated rings. The van der Waals surface area contributed by atoms with Gasteiger partial charge in [-0.2, -0.15) is 4.73 Å². The van der Waals surface area contributed by atoms with Crippen molar-refractivity contribution in [3.63, 3.8) is 0 Å². The lowest BCUT2D eigenvalue weighted by atomic mass is 10.1. The molecule has 0 aromatic carbocycles. The molecular weight excluding hydrogens is 198 g/mol. The fourth-order valence-corrected chi connectivity index (χ4v) is 1.74. The second-order valence-corrected chi connectivity index (χ2v) is 3.13. The van der Waals surface area contributed by atoms with Gasteiger partial charge in [-0.1, -0.05) is 13.8 Å². The summed E-state index contributed by atoms with van der Waals surface area (Å²) in [6, 6.07) is 0. The predicted octanol–water partition coefficient (Wildman–Crippen LogP) is 1.36. The lowest BCUT2D eigenvalue weighted by molar-refractivity contribution is 0.0638. The Kier molecular flexibility index (Phi) is 3.14. The lowest BCUT2D eigenvalue weighted by Crippen LogP contribution is -2.09. The van der Waals surface area contributed by atoms with E-state index in [1.165, 1.54) is 0 Å². The van der Waals surface area contributed by atoms with Crippen LogP contribution < -0.4 is 0 Å². The first-order chi connectivity index (χ1) is 7.08. The largest absolute Gasteiger partial charge is 0.476 e. The standard InChI is InChI=1S/C10H13NO4/c1-3-6-7(5-12)8(4-2)11(15)9(6)10(13)14/h5,15H,3-4H2,1-2H3,(H,13,14). The Hall–Kier alpha value is -1.78. The number of carbonyl (C=O) groups excluding carboxylic acids is 1. The molecule has 0 saturated heterocycles. The molecule has 0 spiro atoms. The fraction of sp³-hybridized carbons (Fsp3) is 0.400. The molecule has 1 aromatic heterocycles. The van der Waals surface area contributed by atoms with Crippen LogP contribution in [0.15, 0.2) is 0 Å². The topological polar surface area (TPSA) is 79.5 Å². The third kappa shape index (κ3) is 1.60. The van der Waals surface area contributed by atoms with Crippen LogP contribution in [-0.4, -0.2) is 27.3 Å². The number of carboxylic acids is 1. The average molecular weight is 211 g/mol. The summed E-state index contributed by atoms with van der Waals surface area (Å²) in [7, 11) is 0. The number of hydrogen-bond donors (Lipinski definition) is 2. The molecule has 0 amide bonds. The molecule has 1 heterocycles. The molecule has 0 bridgehead atoms. The third-order valence-electron chi connectivity index (χ3n) is 2.40. The molecule has 0 aliphatic heterocycles. The van der Waals surface area contributed by atoms with Crippen molar-refractivity contribution >= 4 is 12.3 Å². The van der Waals surface area contributed by atoms with E-state index in [0.29, 0.717) is 40.7 Å². The molecule has 0 aliphatic carbocycles. The highest BCUT2D eigenvalue weighted by Gasteiger charge is 2.24. The second-order valence-electron chi connectivity index (χ2n) is 3.13. The maximum absolute atomic E-state index is 10.9. The Morgan fingerprint density at radius 2 is 2.00 bits per heavy atom. The van der Waals surface area contributed by atoms with Gasteiger partial charge in [0.15, 0.2) is 12.0 Å². The van der Waals surface area contributed by atoms with Crippen LogP contribution in [0.1, 0.15) is 46.0 Å². The van der Waals surface area contributed by atoms with E-state index >= 15 is 0 Å². The van der Waals surface area contributed by atoms with Crippen molar-refractivity contribution < 1.29 is 19.9 Å². The van der Waals surface area contributed by atoms with E-state index in [9.17, 15) is 14.8 Å². The number of carbonyl (C=O) groups is 2. The predicted molar refractivity (Wildman–Crippen MR) is 52.7 cm³/mol. The maximum Gasteiger partial charge on any atom is 0.356 e. The van der Waals surface area contributed by atoms with E-state index in [1.54, 1.807) is 13.8 Å². The monoisotopic (exact) mass is 211 g/mol. The van der Waals surface area contributed by atoms with Crippen molar-refractivity contribution in [3.05, 3.63) is 22.5 Å². The maximum atomic E-state index is 10.9. The first kappa shape index (κ1) is 11.3. The van der Waals surface area contributed by atoms with Gasteiger partial charge in [0.2, 0.25) is 0 Å². The van der Waals surface area contributed by atoms with Gasteiger partial charge >= 0.3 is 5.97 Å². The van der Waals surface area contributed by atoms with Gasteiger partial charge in [0.25, 0.3) is 0 Å². The van der Waals surface area contributed by atoms with E-state index in [1.807, 2.05) is 0 Å². The molecule has 1 aromatic rings. The Bertz CT molecular complexity index is 406. The number of rotatable bonds is 4. The third-order valence-corrected chi connectivity index (χ3v) is 2.40. The van der Waals surface area contributed by atoms with Crippen LogP contribution in [0.5, 0.6) is 0 Å². The minimum absolute atomic E-state index is 0.212. The molecule has 2 N–H and O–H groups in total. The summed E-state index contributed by atoms with van der Waals surface area (Å²) in [6.45, 7) is 3.49. The summed E-state index contributed by atoms with van der Waals surface area (Å²) >= 11 is 0. The van der Waals surface area contributed by atoms with Crippen LogP contribution >= 0.6 is 0 Å². The first-order valence-corrected chi connectivity index (χ1v) is 4.72. The van der Waals surface area contributed by atoms with Crippen LogP contribution in [0.25, 0.3) is 0 Å². The number of aldehydes is 1. The molecule has 82 valence electrons. The van der Waals surface area contributed by atoms with Gasteiger partial charge in [-0.25, -0.2) is 4.79 Å². The van der Waals surface area contributed by atoms with Crippen LogP contribution in [0.3, 0.4) is 0 Å². The van der Waals surface area contributed by atoms with Gasteiger partial charge in [0.1, 0.15) is 0 Å². The van der Waals surface area contributed by atoms with Gasteiger partial charge in [-0.3, -0.25) is 4.79 Å². The highest BCUT2D eigenvalue weighted by Crippen LogP contribution is 2.21. The number of aromatic carboxylic acids is 1. The fourth-order valence-electron chi connectivity index (χ4n) is 1.74. The van der Waals surface area contributed by atoms with Crippen LogP contribution in [0.4, 0.5) is 0 Å². The van der Waals surface area contributed by atoms with Crippen LogP contribution in [-0.2, 0) is 12.8 Å². The van der Waals surface area contributed by atoms with Gasteiger partial charge in [-0.15, -0.1) is 0 Å². The molecular formula is C10H13NO4. The normalized spacial score (nSPS) is 10.3. The summed E-state index contributed by atoms with van der Waals surface area (Å²) < 4.78 is 0.602. The van der Waals surface area contributed by atoms with Gasteiger partial charge < -0.3 is 10.3 Å². The van der Waals surface area contributed by atoms with Crippen molar-refractivity contribution in [2.24, 2.45) is 0 Å². The molecule has 0 radical (unpaired) electrons. The molecule has 1 rings (SSSR count). The zero-order valence-electron chi connectivity index (χ0n) is 8.65. The Morgan fingerprint density at radius 3 is 2.33 bits per heavy atom.